The Balaban J connectivity index is 2.61. The van der Waals surface area contributed by atoms with E-state index in [2.05, 4.69) is 0 Å². The second-order valence-electron chi connectivity index (χ2n) is 6.09. The molecule has 0 saturated heterocycles. The fraction of sp³-hybridized carbons (Fsp3) is 0.0526. The Labute approximate surface area is 186 Å². The van der Waals surface area contributed by atoms with Crippen molar-refractivity contribution in [2.75, 3.05) is 0 Å². The van der Waals surface area contributed by atoms with Crippen LogP contribution in [0.2, 0.25) is 20.1 Å². The largest absolute Gasteiger partial charge is 0.506 e. The van der Waals surface area contributed by atoms with Crippen LogP contribution in [0.4, 0.5) is 0 Å². The Kier molecular flexibility index (Phi) is 5.98. The first-order valence-corrected chi connectivity index (χ1v) is 10.8. The Morgan fingerprint density at radius 3 is 1.55 bits per heavy atom. The summed E-state index contributed by atoms with van der Waals surface area (Å²) in [6.45, 7) is 0. The minimum absolute atomic E-state index is 0.00871. The summed E-state index contributed by atoms with van der Waals surface area (Å²) in [5.74, 6) is -1.31. The highest BCUT2D eigenvalue weighted by Gasteiger charge is 2.52. The molecule has 3 rings (SSSR count). The highest BCUT2D eigenvalue weighted by atomic mass is 35.5. The molecule has 0 spiro atoms. The van der Waals surface area contributed by atoms with E-state index in [1.807, 2.05) is 0 Å². The van der Waals surface area contributed by atoms with Gasteiger partial charge < -0.3 is 10.2 Å². The molecule has 29 heavy (non-hydrogen) atoms. The number of phenolic OH excluding ortho intramolecular Hbond substituents is 2. The van der Waals surface area contributed by atoms with Crippen molar-refractivity contribution in [3.05, 3.63) is 91.4 Å². The number of rotatable bonds is 4. The molecule has 0 aliphatic carbocycles. The Morgan fingerprint density at radius 2 is 1.17 bits per heavy atom. The van der Waals surface area contributed by atoms with Crippen LogP contribution in [0.5, 0.6) is 11.5 Å². The average Bonchev–Trinajstić information content (AvgIpc) is 2.64. The van der Waals surface area contributed by atoms with Gasteiger partial charge >= 0.3 is 0 Å². The molecule has 10 heteroatoms. The number of hydrogen-bond acceptors (Lipinski definition) is 4. The molecule has 152 valence electrons. The predicted molar refractivity (Wildman–Crippen MR) is 114 cm³/mol. The number of benzene rings is 3. The first-order chi connectivity index (χ1) is 13.5. The molecule has 0 atom stereocenters. The van der Waals surface area contributed by atoms with E-state index in [-0.39, 0.29) is 16.1 Å². The maximum absolute atomic E-state index is 12.9. The van der Waals surface area contributed by atoms with Gasteiger partial charge in [-0.3, -0.25) is 4.55 Å². The first kappa shape index (κ1) is 22.0. The molecule has 0 bridgehead atoms. The Bertz CT molecular complexity index is 1100. The lowest BCUT2D eigenvalue weighted by Gasteiger charge is -2.34. The summed E-state index contributed by atoms with van der Waals surface area (Å²) in [6, 6.07) is 12.0. The van der Waals surface area contributed by atoms with E-state index >= 15 is 0 Å². The SMILES string of the molecule is O=S(=O)(O)C(c1ccc(Cl)cc1)(c1ccc(Cl)cc1)c1c(O)c(Cl)cc(O)c1Cl. The van der Waals surface area contributed by atoms with Gasteiger partial charge in [0, 0.05) is 16.1 Å². The Morgan fingerprint density at radius 1 is 0.759 bits per heavy atom. The third-order valence-electron chi connectivity index (χ3n) is 4.41. The average molecular weight is 494 g/mol. The maximum atomic E-state index is 12.9. The molecule has 0 fully saturated rings. The standard InChI is InChI=1S/C19H12Cl4O5S/c20-12-5-1-10(2-6-12)19(29(26,27)28,11-3-7-13(21)8-4-11)16-17(23)15(24)9-14(22)18(16)25/h1-9,24-25H,(H,26,27,28). The number of halogens is 4. The molecule has 0 heterocycles. The number of aromatic hydroxyl groups is 2. The molecule has 0 aliphatic heterocycles. The van der Waals surface area contributed by atoms with Crippen LogP contribution < -0.4 is 0 Å². The van der Waals surface area contributed by atoms with Crippen molar-refractivity contribution >= 4 is 56.5 Å². The fourth-order valence-corrected chi connectivity index (χ4v) is 5.29. The van der Waals surface area contributed by atoms with Crippen molar-refractivity contribution in [1.82, 2.24) is 0 Å². The molecule has 5 nitrogen and oxygen atoms in total. The third kappa shape index (κ3) is 3.65. The van der Waals surface area contributed by atoms with Gasteiger partial charge in [0.1, 0.15) is 11.5 Å². The molecule has 0 radical (unpaired) electrons. The highest BCUT2D eigenvalue weighted by Crippen LogP contribution is 2.53. The van der Waals surface area contributed by atoms with E-state index in [1.165, 1.54) is 48.5 Å². The molecule has 0 unspecified atom stereocenters. The summed E-state index contributed by atoms with van der Waals surface area (Å²) in [5, 5.41) is 20.6. The van der Waals surface area contributed by atoms with Gasteiger partial charge in [0.2, 0.25) is 0 Å². The molecular formula is C19H12Cl4O5S. The van der Waals surface area contributed by atoms with Crippen molar-refractivity contribution in [1.29, 1.82) is 0 Å². The minimum Gasteiger partial charge on any atom is -0.506 e. The normalized spacial score (nSPS) is 12.2. The summed E-state index contributed by atoms with van der Waals surface area (Å²) in [4.78, 5) is 0. The van der Waals surface area contributed by atoms with E-state index < -0.39 is 37.0 Å². The minimum atomic E-state index is -5.09. The molecule has 3 aromatic carbocycles. The van der Waals surface area contributed by atoms with Gasteiger partial charge in [-0.1, -0.05) is 70.7 Å². The molecular weight excluding hydrogens is 482 g/mol. The van der Waals surface area contributed by atoms with Crippen LogP contribution >= 0.6 is 46.4 Å². The fourth-order valence-electron chi connectivity index (χ4n) is 3.18. The van der Waals surface area contributed by atoms with Crippen LogP contribution in [0.3, 0.4) is 0 Å². The predicted octanol–water partition coefficient (Wildman–Crippen LogP) is 5.89. The molecule has 3 N–H and O–H groups in total. The summed E-state index contributed by atoms with van der Waals surface area (Å²) < 4.78 is 33.9. The van der Waals surface area contributed by atoms with Crippen LogP contribution in [0.15, 0.2) is 54.6 Å². The van der Waals surface area contributed by atoms with Gasteiger partial charge in [0.05, 0.1) is 15.6 Å². The zero-order valence-corrected chi connectivity index (χ0v) is 18.1. The van der Waals surface area contributed by atoms with Gasteiger partial charge in [0.25, 0.3) is 10.1 Å². The van der Waals surface area contributed by atoms with Crippen molar-refractivity contribution in [2.45, 2.75) is 4.75 Å². The van der Waals surface area contributed by atoms with Gasteiger partial charge in [-0.05, 0) is 35.4 Å². The van der Waals surface area contributed by atoms with Crippen LogP contribution in [0.25, 0.3) is 0 Å². The highest BCUT2D eigenvalue weighted by molar-refractivity contribution is 7.87. The monoisotopic (exact) mass is 492 g/mol. The van der Waals surface area contributed by atoms with Gasteiger partial charge in [0.15, 0.2) is 4.75 Å². The van der Waals surface area contributed by atoms with Crippen molar-refractivity contribution in [3.63, 3.8) is 0 Å². The Hall–Kier alpha value is -1.67. The van der Waals surface area contributed by atoms with E-state index in [0.29, 0.717) is 10.0 Å². The van der Waals surface area contributed by atoms with Crippen LogP contribution in [-0.4, -0.2) is 23.2 Å². The second-order valence-corrected chi connectivity index (χ2v) is 9.31. The maximum Gasteiger partial charge on any atom is 0.283 e. The lowest BCUT2D eigenvalue weighted by atomic mass is 9.83. The van der Waals surface area contributed by atoms with Crippen LogP contribution in [-0.2, 0) is 14.9 Å². The van der Waals surface area contributed by atoms with Gasteiger partial charge in [-0.15, -0.1) is 0 Å². The molecule has 0 saturated carbocycles. The lowest BCUT2D eigenvalue weighted by Crippen LogP contribution is -2.38. The van der Waals surface area contributed by atoms with Gasteiger partial charge in [-0.2, -0.15) is 8.42 Å². The lowest BCUT2D eigenvalue weighted by molar-refractivity contribution is 0.435. The molecule has 0 aliphatic rings. The smallest absolute Gasteiger partial charge is 0.283 e. The van der Waals surface area contributed by atoms with E-state index in [1.54, 1.807) is 0 Å². The van der Waals surface area contributed by atoms with Crippen LogP contribution in [0.1, 0.15) is 16.7 Å². The molecule has 0 aromatic heterocycles. The van der Waals surface area contributed by atoms with E-state index in [4.69, 9.17) is 46.4 Å². The van der Waals surface area contributed by atoms with E-state index in [0.717, 1.165) is 6.07 Å². The van der Waals surface area contributed by atoms with Crippen molar-refractivity contribution in [2.24, 2.45) is 0 Å². The molecule has 0 amide bonds. The first-order valence-electron chi connectivity index (χ1n) is 7.89. The number of hydrogen-bond donors (Lipinski definition) is 3. The quantitative estimate of drug-likeness (QED) is 0.239. The van der Waals surface area contributed by atoms with Crippen molar-refractivity contribution in [3.8, 4) is 11.5 Å². The summed E-state index contributed by atoms with van der Waals surface area (Å²) in [6.07, 6.45) is 0. The molecule has 3 aromatic rings. The number of phenols is 2. The van der Waals surface area contributed by atoms with Crippen molar-refractivity contribution < 1.29 is 23.2 Å². The van der Waals surface area contributed by atoms with Crippen LogP contribution in [0, 0.1) is 0 Å². The topological polar surface area (TPSA) is 94.8 Å². The summed E-state index contributed by atoms with van der Waals surface area (Å²) in [5.41, 5.74) is -0.535. The second kappa shape index (κ2) is 7.87. The zero-order valence-electron chi connectivity index (χ0n) is 14.3. The third-order valence-corrected chi connectivity index (χ3v) is 7.04. The summed E-state index contributed by atoms with van der Waals surface area (Å²) in [7, 11) is -5.09. The summed E-state index contributed by atoms with van der Waals surface area (Å²) >= 11 is 24.1. The zero-order chi connectivity index (χ0) is 21.6. The van der Waals surface area contributed by atoms with E-state index in [9.17, 15) is 23.2 Å². The van der Waals surface area contributed by atoms with Gasteiger partial charge in [-0.25, -0.2) is 0 Å².